The molecular weight excluding hydrogens is 162 g/mol. The molecular formula is C11H20NO. The number of hydrogen-bond acceptors (Lipinski definition) is 2. The molecule has 1 radical (unpaired) electrons. The summed E-state index contributed by atoms with van der Waals surface area (Å²) in [5.41, 5.74) is 0. The summed E-state index contributed by atoms with van der Waals surface area (Å²) in [5.74, 6) is 0. The maximum Gasteiger partial charge on any atom is 0.121 e. The lowest BCUT2D eigenvalue weighted by Gasteiger charge is -2.31. The van der Waals surface area contributed by atoms with Crippen LogP contribution in [0.1, 0.15) is 51.4 Å². The summed E-state index contributed by atoms with van der Waals surface area (Å²) in [6.45, 7) is 2.28. The summed E-state index contributed by atoms with van der Waals surface area (Å²) in [4.78, 5) is 5.88. The van der Waals surface area contributed by atoms with Crippen LogP contribution in [0.4, 0.5) is 0 Å². The van der Waals surface area contributed by atoms with Gasteiger partial charge in [-0.15, -0.1) is 0 Å². The van der Waals surface area contributed by atoms with Gasteiger partial charge in [0.2, 0.25) is 0 Å². The first-order valence-electron chi connectivity index (χ1n) is 5.73. The van der Waals surface area contributed by atoms with Crippen molar-refractivity contribution in [1.29, 1.82) is 0 Å². The van der Waals surface area contributed by atoms with Crippen molar-refractivity contribution in [2.75, 3.05) is 13.1 Å². The van der Waals surface area contributed by atoms with Crippen LogP contribution in [0, 0.1) is 6.10 Å². The Bertz CT molecular complexity index is 121. The summed E-state index contributed by atoms with van der Waals surface area (Å²) in [7, 11) is 0. The minimum Gasteiger partial charge on any atom is -0.289 e. The summed E-state index contributed by atoms with van der Waals surface area (Å²) >= 11 is 0. The van der Waals surface area contributed by atoms with Gasteiger partial charge >= 0.3 is 0 Å². The van der Waals surface area contributed by atoms with E-state index in [1.54, 1.807) is 0 Å². The van der Waals surface area contributed by atoms with E-state index in [0.717, 1.165) is 13.1 Å². The highest BCUT2D eigenvalue weighted by Crippen LogP contribution is 2.28. The Hall–Kier alpha value is -0.0800. The molecule has 0 unspecified atom stereocenters. The molecule has 13 heavy (non-hydrogen) atoms. The van der Waals surface area contributed by atoms with Gasteiger partial charge in [0.15, 0.2) is 0 Å². The van der Waals surface area contributed by atoms with Gasteiger partial charge in [0.1, 0.15) is 6.10 Å². The molecule has 2 heteroatoms. The van der Waals surface area contributed by atoms with Crippen molar-refractivity contribution in [1.82, 2.24) is 5.06 Å². The third-order valence-corrected chi connectivity index (χ3v) is 2.98. The molecule has 1 heterocycles. The SMILES string of the molecule is C1CC[C](ON2CCCCC2)CC1. The van der Waals surface area contributed by atoms with Crippen molar-refractivity contribution in [3.8, 4) is 0 Å². The van der Waals surface area contributed by atoms with Crippen molar-refractivity contribution in [2.45, 2.75) is 51.4 Å². The van der Waals surface area contributed by atoms with Gasteiger partial charge in [-0.1, -0.05) is 25.7 Å². The van der Waals surface area contributed by atoms with Crippen LogP contribution in [0.5, 0.6) is 0 Å². The molecule has 2 nitrogen and oxygen atoms in total. The molecule has 2 rings (SSSR count). The lowest BCUT2D eigenvalue weighted by molar-refractivity contribution is -0.168. The summed E-state index contributed by atoms with van der Waals surface area (Å²) in [5, 5.41) is 2.17. The molecule has 1 aliphatic carbocycles. The Labute approximate surface area is 81.2 Å². The Balaban J connectivity index is 1.69. The first-order valence-corrected chi connectivity index (χ1v) is 5.73. The Kier molecular flexibility index (Phi) is 3.62. The second-order valence-electron chi connectivity index (χ2n) is 4.18. The van der Waals surface area contributed by atoms with E-state index in [9.17, 15) is 0 Å². The van der Waals surface area contributed by atoms with Crippen LogP contribution in [0.25, 0.3) is 0 Å². The first-order chi connectivity index (χ1) is 6.45. The maximum atomic E-state index is 5.88. The van der Waals surface area contributed by atoms with E-state index in [1.165, 1.54) is 57.5 Å². The van der Waals surface area contributed by atoms with Gasteiger partial charge in [-0.05, 0) is 25.7 Å². The Morgan fingerprint density at radius 3 is 2.08 bits per heavy atom. The molecule has 1 saturated heterocycles. The first kappa shape index (κ1) is 9.47. The molecule has 2 aliphatic rings. The molecule has 2 fully saturated rings. The fraction of sp³-hybridized carbons (Fsp3) is 0.909. The molecule has 0 bridgehead atoms. The number of hydroxylamine groups is 2. The predicted octanol–water partition coefficient (Wildman–Crippen LogP) is 2.90. The van der Waals surface area contributed by atoms with Gasteiger partial charge in [0.05, 0.1) is 0 Å². The molecule has 1 saturated carbocycles. The van der Waals surface area contributed by atoms with E-state index in [0.29, 0.717) is 0 Å². The van der Waals surface area contributed by atoms with Gasteiger partial charge in [-0.25, -0.2) is 0 Å². The van der Waals surface area contributed by atoms with E-state index >= 15 is 0 Å². The summed E-state index contributed by atoms with van der Waals surface area (Å²) in [6, 6.07) is 0. The minimum atomic E-state index is 1.14. The summed E-state index contributed by atoms with van der Waals surface area (Å²) in [6.07, 6.45) is 11.8. The molecule has 0 aromatic heterocycles. The van der Waals surface area contributed by atoms with Gasteiger partial charge in [0, 0.05) is 13.1 Å². The second-order valence-corrected chi connectivity index (χ2v) is 4.18. The number of piperidine rings is 1. The van der Waals surface area contributed by atoms with E-state index in [2.05, 4.69) is 5.06 Å². The largest absolute Gasteiger partial charge is 0.289 e. The third-order valence-electron chi connectivity index (χ3n) is 2.98. The van der Waals surface area contributed by atoms with E-state index < -0.39 is 0 Å². The van der Waals surface area contributed by atoms with Crippen molar-refractivity contribution in [3.05, 3.63) is 6.10 Å². The normalized spacial score (nSPS) is 27.7. The topological polar surface area (TPSA) is 12.5 Å². The van der Waals surface area contributed by atoms with Crippen molar-refractivity contribution < 1.29 is 4.84 Å². The van der Waals surface area contributed by atoms with Gasteiger partial charge in [-0.3, -0.25) is 4.84 Å². The van der Waals surface area contributed by atoms with Crippen LogP contribution in [-0.2, 0) is 4.84 Å². The highest BCUT2D eigenvalue weighted by molar-refractivity contribution is 4.82. The molecule has 0 atom stereocenters. The van der Waals surface area contributed by atoms with Crippen LogP contribution >= 0.6 is 0 Å². The zero-order valence-corrected chi connectivity index (χ0v) is 8.43. The zero-order valence-electron chi connectivity index (χ0n) is 8.43. The maximum absolute atomic E-state index is 5.88. The van der Waals surface area contributed by atoms with Gasteiger partial charge in [0.25, 0.3) is 0 Å². The van der Waals surface area contributed by atoms with Crippen molar-refractivity contribution in [2.24, 2.45) is 0 Å². The third kappa shape index (κ3) is 2.96. The quantitative estimate of drug-likeness (QED) is 0.651. The molecule has 0 N–H and O–H groups in total. The molecule has 0 aromatic carbocycles. The van der Waals surface area contributed by atoms with E-state index in [-0.39, 0.29) is 0 Å². The Morgan fingerprint density at radius 2 is 1.38 bits per heavy atom. The van der Waals surface area contributed by atoms with Gasteiger partial charge < -0.3 is 0 Å². The van der Waals surface area contributed by atoms with Gasteiger partial charge in [-0.2, -0.15) is 5.06 Å². The number of rotatable bonds is 2. The minimum absolute atomic E-state index is 1.14. The van der Waals surface area contributed by atoms with E-state index in [1.807, 2.05) is 0 Å². The van der Waals surface area contributed by atoms with E-state index in [4.69, 9.17) is 4.84 Å². The molecule has 0 aromatic rings. The van der Waals surface area contributed by atoms with Crippen LogP contribution < -0.4 is 0 Å². The molecule has 1 aliphatic heterocycles. The van der Waals surface area contributed by atoms with Crippen molar-refractivity contribution >= 4 is 0 Å². The summed E-state index contributed by atoms with van der Waals surface area (Å²) < 4.78 is 0. The second kappa shape index (κ2) is 4.97. The average molecular weight is 182 g/mol. The standard InChI is InChI=1S/C11H20NO/c1-3-7-11(8-4-1)13-12-9-5-2-6-10-12/h1-10H2. The van der Waals surface area contributed by atoms with Crippen LogP contribution in [0.3, 0.4) is 0 Å². The Morgan fingerprint density at radius 1 is 0.769 bits per heavy atom. The highest BCUT2D eigenvalue weighted by atomic mass is 16.7. The monoisotopic (exact) mass is 182 g/mol. The fourth-order valence-corrected chi connectivity index (χ4v) is 2.18. The lowest BCUT2D eigenvalue weighted by Crippen LogP contribution is -2.32. The van der Waals surface area contributed by atoms with Crippen molar-refractivity contribution in [3.63, 3.8) is 0 Å². The zero-order chi connectivity index (χ0) is 8.93. The predicted molar refractivity (Wildman–Crippen MR) is 52.8 cm³/mol. The molecule has 0 amide bonds. The fourth-order valence-electron chi connectivity index (χ4n) is 2.18. The van der Waals surface area contributed by atoms with Crippen LogP contribution in [0.2, 0.25) is 0 Å². The lowest BCUT2D eigenvalue weighted by atomic mass is 9.98. The number of nitrogens with zero attached hydrogens (tertiary/aromatic N) is 1. The number of hydrogen-bond donors (Lipinski definition) is 0. The molecule has 0 spiro atoms. The molecule has 75 valence electrons. The van der Waals surface area contributed by atoms with Crippen LogP contribution in [-0.4, -0.2) is 18.2 Å². The smallest absolute Gasteiger partial charge is 0.121 e. The highest BCUT2D eigenvalue weighted by Gasteiger charge is 2.20. The average Bonchev–Trinajstić information content (AvgIpc) is 2.21. The van der Waals surface area contributed by atoms with Crippen LogP contribution in [0.15, 0.2) is 0 Å².